The predicted molar refractivity (Wildman–Crippen MR) is 152 cm³/mol. The van der Waals surface area contributed by atoms with E-state index in [2.05, 4.69) is 26.7 Å². The van der Waals surface area contributed by atoms with Gasteiger partial charge in [0.1, 0.15) is 17.5 Å². The number of nitriles is 1. The van der Waals surface area contributed by atoms with E-state index in [0.29, 0.717) is 33.9 Å². The fourth-order valence-corrected chi connectivity index (χ4v) is 6.44. The Hall–Kier alpha value is -4.72. The number of nitrogens with one attached hydrogen (secondary N) is 2. The van der Waals surface area contributed by atoms with Gasteiger partial charge in [0.15, 0.2) is 0 Å². The molecule has 4 N–H and O–H groups in total. The topological polar surface area (TPSA) is 173 Å². The Labute approximate surface area is 249 Å². The zero-order valence-electron chi connectivity index (χ0n) is 22.9. The maximum atomic E-state index is 13.3. The number of alkyl halides is 3. The number of aliphatic hydroxyl groups is 1. The molecule has 1 aromatic carbocycles. The zero-order valence-corrected chi connectivity index (χ0v) is 23.7. The molecule has 230 valence electrons. The number of benzene rings is 1. The number of rotatable bonds is 8. The Balaban J connectivity index is 1.26. The van der Waals surface area contributed by atoms with Gasteiger partial charge in [0.2, 0.25) is 10.0 Å². The van der Waals surface area contributed by atoms with Gasteiger partial charge in [-0.2, -0.15) is 22.7 Å². The van der Waals surface area contributed by atoms with E-state index in [0.717, 1.165) is 16.4 Å². The van der Waals surface area contributed by atoms with Crippen LogP contribution in [0, 0.1) is 11.3 Å². The van der Waals surface area contributed by atoms with Gasteiger partial charge in [-0.15, -0.1) is 0 Å². The largest absolute Gasteiger partial charge is 0.465 e. The number of halogens is 3. The molecule has 0 unspecified atom stereocenters. The Kier molecular flexibility index (Phi) is 8.46. The van der Waals surface area contributed by atoms with Crippen LogP contribution in [0.2, 0.25) is 0 Å². The number of sulfonamides is 1. The molecule has 16 heteroatoms. The minimum atomic E-state index is -4.52. The van der Waals surface area contributed by atoms with Crippen molar-refractivity contribution in [3.05, 3.63) is 72.2 Å². The van der Waals surface area contributed by atoms with Crippen LogP contribution in [-0.4, -0.2) is 75.3 Å². The molecular weight excluding hydrogens is 603 g/mol. The molecular formula is C28H26F3N7O5S. The third-order valence-electron chi connectivity index (χ3n) is 7.26. The summed E-state index contributed by atoms with van der Waals surface area (Å²) < 4.78 is 67.9. The highest BCUT2D eigenvalue weighted by atomic mass is 32.2. The van der Waals surface area contributed by atoms with Crippen LogP contribution >= 0.6 is 0 Å². The van der Waals surface area contributed by atoms with Crippen molar-refractivity contribution < 1.29 is 36.6 Å². The van der Waals surface area contributed by atoms with E-state index < -0.39 is 40.0 Å². The lowest BCUT2D eigenvalue weighted by Gasteiger charge is -2.35. The number of pyridine rings is 2. The molecule has 0 spiro atoms. The van der Waals surface area contributed by atoms with E-state index in [-0.39, 0.29) is 43.3 Å². The van der Waals surface area contributed by atoms with Gasteiger partial charge in [-0.25, -0.2) is 23.2 Å². The maximum absolute atomic E-state index is 13.3. The molecule has 0 bridgehead atoms. The smallest absolute Gasteiger partial charge is 0.417 e. The van der Waals surface area contributed by atoms with Crippen LogP contribution in [-0.2, 0) is 22.7 Å². The number of anilines is 1. The number of carboxylic acid groups (broad SMARTS) is 1. The van der Waals surface area contributed by atoms with Gasteiger partial charge >= 0.3 is 12.3 Å². The highest BCUT2D eigenvalue weighted by Crippen LogP contribution is 2.30. The van der Waals surface area contributed by atoms with Crippen molar-refractivity contribution in [2.45, 2.75) is 36.2 Å². The molecule has 1 saturated heterocycles. The fourth-order valence-electron chi connectivity index (χ4n) is 4.97. The first-order chi connectivity index (χ1) is 20.9. The van der Waals surface area contributed by atoms with Gasteiger partial charge < -0.3 is 25.4 Å². The molecule has 1 aliphatic rings. The average Bonchev–Trinajstić information content (AvgIpc) is 3.34. The lowest BCUT2D eigenvalue weighted by Crippen LogP contribution is -2.51. The Morgan fingerprint density at radius 1 is 1.11 bits per heavy atom. The summed E-state index contributed by atoms with van der Waals surface area (Å²) in [5.74, 6) is 0.135. The molecule has 0 saturated carbocycles. The van der Waals surface area contributed by atoms with Gasteiger partial charge in [-0.1, -0.05) is 12.1 Å². The van der Waals surface area contributed by atoms with Crippen LogP contribution in [0.25, 0.3) is 22.2 Å². The SMILES string of the molecule is N#Cc1cn(CCNC(=O)O)c2ncc(-c3ccc(S(=O)(=O)N4CC[C@@H](Nc5ccc(C(F)(F)F)cn5)[C@@H](O)C4)cc3)cc12. The second-order valence-electron chi connectivity index (χ2n) is 10.1. The molecule has 12 nitrogen and oxygen atoms in total. The number of amides is 1. The van der Waals surface area contributed by atoms with Gasteiger partial charge in [-0.05, 0) is 42.3 Å². The molecule has 0 radical (unpaired) electrons. The average molecular weight is 630 g/mol. The van der Waals surface area contributed by atoms with Gasteiger partial charge in [-0.3, -0.25) is 0 Å². The summed E-state index contributed by atoms with van der Waals surface area (Å²) in [4.78, 5) is 18.9. The number of nitrogens with zero attached hydrogens (tertiary/aromatic N) is 5. The predicted octanol–water partition coefficient (Wildman–Crippen LogP) is 3.49. The lowest BCUT2D eigenvalue weighted by molar-refractivity contribution is -0.137. The van der Waals surface area contributed by atoms with Crippen LogP contribution in [0.4, 0.5) is 23.8 Å². The van der Waals surface area contributed by atoms with Crippen LogP contribution in [0.3, 0.4) is 0 Å². The third-order valence-corrected chi connectivity index (χ3v) is 9.14. The van der Waals surface area contributed by atoms with Crippen molar-refractivity contribution in [3.8, 4) is 17.2 Å². The lowest BCUT2D eigenvalue weighted by atomic mass is 10.0. The van der Waals surface area contributed by atoms with E-state index in [1.165, 1.54) is 12.1 Å². The van der Waals surface area contributed by atoms with Gasteiger partial charge in [0.25, 0.3) is 0 Å². The number of fused-ring (bicyclic) bond motifs is 1. The molecule has 5 rings (SSSR count). The Bertz CT molecular complexity index is 1820. The van der Waals surface area contributed by atoms with Crippen LogP contribution in [0.5, 0.6) is 0 Å². The van der Waals surface area contributed by atoms with Crippen molar-refractivity contribution in [2.24, 2.45) is 0 Å². The van der Waals surface area contributed by atoms with E-state index in [4.69, 9.17) is 5.11 Å². The van der Waals surface area contributed by atoms with E-state index >= 15 is 0 Å². The first-order valence-electron chi connectivity index (χ1n) is 13.3. The molecule has 2 atom stereocenters. The summed E-state index contributed by atoms with van der Waals surface area (Å²) in [7, 11) is -3.97. The normalized spacial score (nSPS) is 17.7. The summed E-state index contributed by atoms with van der Waals surface area (Å²) in [5, 5.41) is 34.7. The van der Waals surface area contributed by atoms with Gasteiger partial charge in [0, 0.05) is 55.7 Å². The number of piperidine rings is 1. The first kappa shape index (κ1) is 30.7. The molecule has 0 aliphatic carbocycles. The minimum absolute atomic E-state index is 0.00750. The van der Waals surface area contributed by atoms with Crippen molar-refractivity contribution in [1.29, 1.82) is 5.26 Å². The van der Waals surface area contributed by atoms with E-state index in [1.54, 1.807) is 35.2 Å². The van der Waals surface area contributed by atoms with Crippen LogP contribution in [0.15, 0.2) is 66.0 Å². The summed E-state index contributed by atoms with van der Waals surface area (Å²) in [6.45, 7) is 0.247. The summed E-state index contributed by atoms with van der Waals surface area (Å²) >= 11 is 0. The van der Waals surface area contributed by atoms with Crippen molar-refractivity contribution in [2.75, 3.05) is 25.0 Å². The van der Waals surface area contributed by atoms with E-state index in [9.17, 15) is 36.8 Å². The highest BCUT2D eigenvalue weighted by Gasteiger charge is 2.35. The number of carbonyl (C=O) groups is 1. The summed E-state index contributed by atoms with van der Waals surface area (Å²) in [6, 6.07) is 11.4. The van der Waals surface area contributed by atoms with Crippen molar-refractivity contribution in [3.63, 3.8) is 0 Å². The summed E-state index contributed by atoms with van der Waals surface area (Å²) in [5.41, 5.74) is 1.24. The Morgan fingerprint density at radius 3 is 2.48 bits per heavy atom. The van der Waals surface area contributed by atoms with Crippen LogP contribution < -0.4 is 10.6 Å². The molecule has 1 fully saturated rings. The highest BCUT2D eigenvalue weighted by molar-refractivity contribution is 7.89. The Morgan fingerprint density at radius 2 is 1.86 bits per heavy atom. The molecule has 4 heterocycles. The number of aromatic nitrogens is 3. The molecule has 3 aromatic heterocycles. The van der Waals surface area contributed by atoms with Crippen molar-refractivity contribution >= 4 is 33.0 Å². The molecule has 44 heavy (non-hydrogen) atoms. The van der Waals surface area contributed by atoms with Gasteiger partial charge in [0.05, 0.1) is 28.2 Å². The second-order valence-corrected chi connectivity index (χ2v) is 12.0. The fraction of sp³-hybridized carbons (Fsp3) is 0.286. The number of hydrogen-bond acceptors (Lipinski definition) is 8. The summed E-state index contributed by atoms with van der Waals surface area (Å²) in [6.07, 6.45) is -2.77. The third kappa shape index (κ3) is 6.44. The number of β-amino-alcohol motifs (C(OH)–C–C–N with tert-alkyl or cyclic N) is 1. The van der Waals surface area contributed by atoms with Crippen molar-refractivity contribution in [1.82, 2.24) is 24.2 Å². The van der Waals surface area contributed by atoms with E-state index in [1.807, 2.05) is 0 Å². The van der Waals surface area contributed by atoms with Crippen LogP contribution in [0.1, 0.15) is 17.5 Å². The zero-order chi connectivity index (χ0) is 31.6. The molecule has 4 aromatic rings. The quantitative estimate of drug-likeness (QED) is 0.228. The number of aliphatic hydroxyl groups excluding tert-OH is 1. The second kappa shape index (κ2) is 12.1. The molecule has 1 aliphatic heterocycles. The standard InChI is InChI=1S/C28H26F3N7O5S/c29-28(30,31)20-3-6-25(34-14-20)36-23-7-9-38(16-24(23)39)44(42,43)21-4-1-17(2-5-21)18-11-22-19(12-32)15-37(26(22)35-13-18)10-8-33-27(40)41/h1-6,11,13-15,23-24,33,39H,7-10,16H2,(H,34,36)(H,40,41)/t23-,24+/m1/s1. The first-order valence-corrected chi connectivity index (χ1v) is 14.7. The molecule has 1 amide bonds. The minimum Gasteiger partial charge on any atom is -0.465 e. The number of hydrogen-bond donors (Lipinski definition) is 4. The maximum Gasteiger partial charge on any atom is 0.417 e. The monoisotopic (exact) mass is 629 g/mol.